The van der Waals surface area contributed by atoms with Gasteiger partial charge in [-0.1, -0.05) is 12.2 Å². The number of esters is 1. The van der Waals surface area contributed by atoms with E-state index in [1.165, 1.54) is 7.11 Å². The van der Waals surface area contributed by atoms with E-state index in [1.54, 1.807) is 6.08 Å². The largest absolute Gasteiger partial charge is 0.469 e. The highest BCUT2D eigenvalue weighted by Crippen LogP contribution is 1.87. The zero-order valence-corrected chi connectivity index (χ0v) is 5.59. The van der Waals surface area contributed by atoms with Gasteiger partial charge in [0.25, 0.3) is 0 Å². The van der Waals surface area contributed by atoms with Gasteiger partial charge in [0.05, 0.1) is 13.5 Å². The predicted octanol–water partition coefficient (Wildman–Crippen LogP) is 1.33. The van der Waals surface area contributed by atoms with Gasteiger partial charge in [0.1, 0.15) is 0 Å². The minimum atomic E-state index is -0.209. The molecule has 0 bridgehead atoms. The molecule has 0 aliphatic heterocycles. The van der Waals surface area contributed by atoms with Crippen LogP contribution < -0.4 is 0 Å². The van der Waals surface area contributed by atoms with Crippen LogP contribution in [0, 0.1) is 6.92 Å². The van der Waals surface area contributed by atoms with Crippen molar-refractivity contribution in [3.63, 3.8) is 0 Å². The second kappa shape index (κ2) is 5.35. The maximum absolute atomic E-state index is 10.4. The minimum Gasteiger partial charge on any atom is -0.469 e. The van der Waals surface area contributed by atoms with Crippen molar-refractivity contribution in [1.82, 2.24) is 0 Å². The maximum Gasteiger partial charge on any atom is 0.309 e. The number of carbonyl (C=O) groups excluding carboxylic acids is 1. The molecule has 0 rings (SSSR count). The first-order valence-electron chi connectivity index (χ1n) is 2.82. The fraction of sp³-hybridized carbons (Fsp3) is 0.429. The SMILES string of the molecule is [CH2]CC=CCC(=O)OC. The summed E-state index contributed by atoms with van der Waals surface area (Å²) in [4.78, 5) is 10.4. The summed E-state index contributed by atoms with van der Waals surface area (Å²) in [7, 11) is 1.38. The van der Waals surface area contributed by atoms with Gasteiger partial charge in [-0.3, -0.25) is 4.79 Å². The molecule has 0 amide bonds. The van der Waals surface area contributed by atoms with E-state index in [2.05, 4.69) is 11.7 Å². The predicted molar refractivity (Wildman–Crippen MR) is 35.7 cm³/mol. The molecular formula is C7H11O2. The Hall–Kier alpha value is -0.790. The molecule has 0 heterocycles. The lowest BCUT2D eigenvalue weighted by molar-refractivity contribution is -0.139. The van der Waals surface area contributed by atoms with Crippen molar-refractivity contribution in [2.24, 2.45) is 0 Å². The molecule has 0 aromatic carbocycles. The summed E-state index contributed by atoms with van der Waals surface area (Å²) < 4.78 is 4.39. The summed E-state index contributed by atoms with van der Waals surface area (Å²) in [6, 6.07) is 0. The first-order chi connectivity index (χ1) is 4.31. The summed E-state index contributed by atoms with van der Waals surface area (Å²) in [5, 5.41) is 0. The number of ether oxygens (including phenoxy) is 1. The highest BCUT2D eigenvalue weighted by Gasteiger charge is 1.91. The molecule has 2 nitrogen and oxygen atoms in total. The smallest absolute Gasteiger partial charge is 0.309 e. The molecule has 0 fully saturated rings. The first kappa shape index (κ1) is 8.21. The van der Waals surface area contributed by atoms with Crippen LogP contribution in [0.15, 0.2) is 12.2 Å². The third-order valence-corrected chi connectivity index (χ3v) is 0.846. The van der Waals surface area contributed by atoms with E-state index in [1.807, 2.05) is 6.08 Å². The number of carbonyl (C=O) groups is 1. The molecule has 0 aromatic rings. The van der Waals surface area contributed by atoms with Gasteiger partial charge in [0.2, 0.25) is 0 Å². The van der Waals surface area contributed by atoms with Crippen LogP contribution in [0.5, 0.6) is 0 Å². The van der Waals surface area contributed by atoms with Crippen LogP contribution in [-0.4, -0.2) is 13.1 Å². The van der Waals surface area contributed by atoms with Gasteiger partial charge in [-0.2, -0.15) is 0 Å². The maximum atomic E-state index is 10.4. The lowest BCUT2D eigenvalue weighted by Crippen LogP contribution is -1.96. The minimum absolute atomic E-state index is 0.209. The summed E-state index contributed by atoms with van der Waals surface area (Å²) in [6.07, 6.45) is 4.65. The molecule has 0 unspecified atom stereocenters. The highest BCUT2D eigenvalue weighted by molar-refractivity contribution is 5.70. The van der Waals surface area contributed by atoms with Crippen LogP contribution in [0.3, 0.4) is 0 Å². The molecular weight excluding hydrogens is 116 g/mol. The Morgan fingerprint density at radius 3 is 2.78 bits per heavy atom. The van der Waals surface area contributed by atoms with Crippen LogP contribution in [0.1, 0.15) is 12.8 Å². The fourth-order valence-electron chi connectivity index (χ4n) is 0.381. The second-order valence-corrected chi connectivity index (χ2v) is 1.54. The molecule has 0 saturated carbocycles. The Kier molecular flexibility index (Phi) is 4.88. The van der Waals surface area contributed by atoms with E-state index in [4.69, 9.17) is 0 Å². The van der Waals surface area contributed by atoms with Gasteiger partial charge in [0, 0.05) is 0 Å². The van der Waals surface area contributed by atoms with Gasteiger partial charge in [-0.15, -0.1) is 0 Å². The van der Waals surface area contributed by atoms with Crippen LogP contribution >= 0.6 is 0 Å². The molecule has 1 radical (unpaired) electrons. The highest BCUT2D eigenvalue weighted by atomic mass is 16.5. The lowest BCUT2D eigenvalue weighted by Gasteiger charge is -1.90. The van der Waals surface area contributed by atoms with Crippen molar-refractivity contribution >= 4 is 5.97 Å². The Balaban J connectivity index is 3.26. The van der Waals surface area contributed by atoms with Crippen LogP contribution in [0.2, 0.25) is 0 Å². The van der Waals surface area contributed by atoms with E-state index in [0.29, 0.717) is 6.42 Å². The van der Waals surface area contributed by atoms with E-state index in [0.717, 1.165) is 6.42 Å². The summed E-state index contributed by atoms with van der Waals surface area (Å²) in [6.45, 7) is 3.57. The Morgan fingerprint density at radius 2 is 2.33 bits per heavy atom. The second-order valence-electron chi connectivity index (χ2n) is 1.54. The molecule has 0 aliphatic carbocycles. The van der Waals surface area contributed by atoms with E-state index >= 15 is 0 Å². The molecule has 51 valence electrons. The normalized spacial score (nSPS) is 10.0. The van der Waals surface area contributed by atoms with Gasteiger partial charge in [0.15, 0.2) is 0 Å². The number of hydrogen-bond donors (Lipinski definition) is 0. The zero-order chi connectivity index (χ0) is 7.11. The van der Waals surface area contributed by atoms with Gasteiger partial charge >= 0.3 is 5.97 Å². The fourth-order valence-corrected chi connectivity index (χ4v) is 0.381. The van der Waals surface area contributed by atoms with Crippen molar-refractivity contribution in [2.45, 2.75) is 12.8 Å². The Bertz CT molecular complexity index is 105. The Morgan fingerprint density at radius 1 is 1.67 bits per heavy atom. The lowest BCUT2D eigenvalue weighted by atomic mass is 10.3. The molecule has 0 aromatic heterocycles. The number of rotatable bonds is 3. The molecule has 0 N–H and O–H groups in total. The average molecular weight is 127 g/mol. The summed E-state index contributed by atoms with van der Waals surface area (Å²) >= 11 is 0. The third kappa shape index (κ3) is 5.07. The van der Waals surface area contributed by atoms with E-state index < -0.39 is 0 Å². The van der Waals surface area contributed by atoms with E-state index in [9.17, 15) is 4.79 Å². The van der Waals surface area contributed by atoms with Gasteiger partial charge in [-0.25, -0.2) is 0 Å². The van der Waals surface area contributed by atoms with Crippen molar-refractivity contribution < 1.29 is 9.53 Å². The molecule has 9 heavy (non-hydrogen) atoms. The summed E-state index contributed by atoms with van der Waals surface area (Å²) in [5.41, 5.74) is 0. The standard InChI is InChI=1S/C7H11O2/c1-3-4-5-6-7(8)9-2/h4-5H,1,3,6H2,2H3. The van der Waals surface area contributed by atoms with Crippen LogP contribution in [0.25, 0.3) is 0 Å². The molecule has 0 aliphatic rings. The quantitative estimate of drug-likeness (QED) is 0.422. The molecule has 0 spiro atoms. The Labute approximate surface area is 55.5 Å². The molecule has 0 saturated heterocycles. The number of methoxy groups -OCH3 is 1. The van der Waals surface area contributed by atoms with Crippen molar-refractivity contribution in [3.05, 3.63) is 19.1 Å². The van der Waals surface area contributed by atoms with Gasteiger partial charge in [-0.05, 0) is 13.3 Å². The van der Waals surface area contributed by atoms with Crippen molar-refractivity contribution in [1.29, 1.82) is 0 Å². The van der Waals surface area contributed by atoms with Crippen LogP contribution in [-0.2, 0) is 9.53 Å². The molecule has 2 heteroatoms. The monoisotopic (exact) mass is 127 g/mol. The summed E-state index contributed by atoms with van der Waals surface area (Å²) in [5.74, 6) is -0.209. The third-order valence-electron chi connectivity index (χ3n) is 0.846. The first-order valence-corrected chi connectivity index (χ1v) is 2.82. The zero-order valence-electron chi connectivity index (χ0n) is 5.59. The van der Waals surface area contributed by atoms with Crippen LogP contribution in [0.4, 0.5) is 0 Å². The van der Waals surface area contributed by atoms with Crippen molar-refractivity contribution in [2.75, 3.05) is 7.11 Å². The topological polar surface area (TPSA) is 26.3 Å². The molecule has 0 atom stereocenters. The van der Waals surface area contributed by atoms with Crippen molar-refractivity contribution in [3.8, 4) is 0 Å². The number of hydrogen-bond acceptors (Lipinski definition) is 2. The number of allylic oxidation sites excluding steroid dienone is 1. The van der Waals surface area contributed by atoms with Gasteiger partial charge < -0.3 is 4.74 Å². The average Bonchev–Trinajstić information content (AvgIpc) is 1.89. The van der Waals surface area contributed by atoms with E-state index in [-0.39, 0.29) is 5.97 Å².